The van der Waals surface area contributed by atoms with Gasteiger partial charge in [-0.15, -0.1) is 0 Å². The summed E-state index contributed by atoms with van der Waals surface area (Å²) in [5.41, 5.74) is 3.66. The first-order valence-electron chi connectivity index (χ1n) is 10.0. The highest BCUT2D eigenvalue weighted by atomic mass is 32.1. The van der Waals surface area contributed by atoms with Gasteiger partial charge < -0.3 is 9.64 Å². The topological polar surface area (TPSA) is 45.7 Å². The number of fused-ring (bicyclic) bond motifs is 1. The highest BCUT2D eigenvalue weighted by Crippen LogP contribution is 2.34. The lowest BCUT2D eigenvalue weighted by atomic mass is 10.0. The molecule has 3 rings (SSSR count). The maximum Gasteiger partial charge on any atom is 0.260 e. The molecule has 0 N–H and O–H groups in total. The third kappa shape index (κ3) is 4.60. The van der Waals surface area contributed by atoms with Gasteiger partial charge in [-0.3, -0.25) is 9.69 Å². The summed E-state index contributed by atoms with van der Waals surface area (Å²) in [5, 5.41) is 0.710. The molecule has 1 aromatic heterocycles. The van der Waals surface area contributed by atoms with Gasteiger partial charge >= 0.3 is 0 Å². The van der Waals surface area contributed by atoms with E-state index in [1.54, 1.807) is 7.11 Å². The summed E-state index contributed by atoms with van der Waals surface area (Å²) in [7, 11) is 1.65. The molecule has 0 fully saturated rings. The molecule has 6 heteroatoms. The van der Waals surface area contributed by atoms with E-state index in [0.717, 1.165) is 52.3 Å². The van der Waals surface area contributed by atoms with Crippen LogP contribution in [0.4, 0.5) is 5.13 Å². The standard InChI is InChI=1S/C23H29N3O2S/c1-6-25(7-2)13-14-26(22(27)18-12-11-16(3)15-17(18)4)23-24-21-19(28-5)9-8-10-20(21)29-23/h8-12,15H,6-7,13-14H2,1-5H3. The third-order valence-electron chi connectivity index (χ3n) is 5.21. The summed E-state index contributed by atoms with van der Waals surface area (Å²) < 4.78 is 6.48. The van der Waals surface area contributed by atoms with Gasteiger partial charge in [0.1, 0.15) is 11.3 Å². The molecule has 29 heavy (non-hydrogen) atoms. The summed E-state index contributed by atoms with van der Waals surface area (Å²) in [6, 6.07) is 11.8. The van der Waals surface area contributed by atoms with Crippen molar-refractivity contribution >= 4 is 32.6 Å². The molecule has 154 valence electrons. The van der Waals surface area contributed by atoms with Crippen molar-refractivity contribution in [3.63, 3.8) is 0 Å². The van der Waals surface area contributed by atoms with Crippen LogP contribution in [0.5, 0.6) is 5.75 Å². The molecule has 0 atom stereocenters. The molecule has 0 radical (unpaired) electrons. The van der Waals surface area contributed by atoms with Crippen molar-refractivity contribution in [3.05, 3.63) is 53.1 Å². The van der Waals surface area contributed by atoms with Crippen molar-refractivity contribution in [2.75, 3.05) is 38.2 Å². The van der Waals surface area contributed by atoms with Crippen LogP contribution in [-0.2, 0) is 0 Å². The smallest absolute Gasteiger partial charge is 0.260 e. The van der Waals surface area contributed by atoms with E-state index in [1.165, 1.54) is 11.3 Å². The molecule has 0 aliphatic rings. The van der Waals surface area contributed by atoms with Gasteiger partial charge in [0.25, 0.3) is 5.91 Å². The Balaban J connectivity index is 2.01. The van der Waals surface area contributed by atoms with E-state index >= 15 is 0 Å². The molecule has 0 saturated heterocycles. The fraction of sp³-hybridized carbons (Fsp3) is 0.391. The number of carbonyl (C=O) groups is 1. The van der Waals surface area contributed by atoms with Crippen LogP contribution in [0.25, 0.3) is 10.2 Å². The lowest BCUT2D eigenvalue weighted by Crippen LogP contribution is -2.39. The van der Waals surface area contributed by atoms with Crippen LogP contribution in [0.1, 0.15) is 35.3 Å². The Hall–Kier alpha value is -2.44. The Kier molecular flexibility index (Phi) is 6.87. The van der Waals surface area contributed by atoms with Crippen molar-refractivity contribution in [1.29, 1.82) is 0 Å². The zero-order valence-corrected chi connectivity index (χ0v) is 18.7. The first kappa shape index (κ1) is 21.3. The number of carbonyl (C=O) groups excluding carboxylic acids is 1. The maximum absolute atomic E-state index is 13.5. The van der Waals surface area contributed by atoms with Crippen LogP contribution in [-0.4, -0.2) is 49.1 Å². The predicted octanol–water partition coefficient (Wildman–Crippen LogP) is 4.91. The fourth-order valence-corrected chi connectivity index (χ4v) is 4.46. The molecule has 3 aromatic rings. The minimum Gasteiger partial charge on any atom is -0.494 e. The number of aromatic nitrogens is 1. The van der Waals surface area contributed by atoms with Gasteiger partial charge in [-0.05, 0) is 50.7 Å². The number of ether oxygens (including phenoxy) is 1. The van der Waals surface area contributed by atoms with Gasteiger partial charge in [0.05, 0.1) is 11.8 Å². The summed E-state index contributed by atoms with van der Waals surface area (Å²) in [4.78, 5) is 22.5. The molecule has 0 spiro atoms. The van der Waals surface area contributed by atoms with Crippen LogP contribution in [0, 0.1) is 13.8 Å². The van der Waals surface area contributed by atoms with Crippen LogP contribution >= 0.6 is 11.3 Å². The van der Waals surface area contributed by atoms with Gasteiger partial charge in [0.2, 0.25) is 0 Å². The van der Waals surface area contributed by atoms with E-state index in [0.29, 0.717) is 11.7 Å². The number of amides is 1. The van der Waals surface area contributed by atoms with Crippen LogP contribution in [0.15, 0.2) is 36.4 Å². The number of hydrogen-bond acceptors (Lipinski definition) is 5. The molecule has 0 aliphatic carbocycles. The first-order chi connectivity index (χ1) is 14.0. The van der Waals surface area contributed by atoms with E-state index in [2.05, 4.69) is 24.8 Å². The Morgan fingerprint density at radius 1 is 1.10 bits per heavy atom. The van der Waals surface area contributed by atoms with Crippen molar-refractivity contribution in [3.8, 4) is 5.75 Å². The monoisotopic (exact) mass is 411 g/mol. The van der Waals surface area contributed by atoms with Crippen LogP contribution in [0.2, 0.25) is 0 Å². The van der Waals surface area contributed by atoms with Gasteiger partial charge in [0.15, 0.2) is 5.13 Å². The molecular formula is C23H29N3O2S. The second-order valence-electron chi connectivity index (χ2n) is 7.11. The summed E-state index contributed by atoms with van der Waals surface area (Å²) in [6.45, 7) is 11.6. The summed E-state index contributed by atoms with van der Waals surface area (Å²) in [6.07, 6.45) is 0. The van der Waals surface area contributed by atoms with E-state index in [1.807, 2.05) is 49.1 Å². The normalized spacial score (nSPS) is 11.2. The van der Waals surface area contributed by atoms with E-state index < -0.39 is 0 Å². The molecule has 1 heterocycles. The average Bonchev–Trinajstić information content (AvgIpc) is 3.14. The van der Waals surface area contributed by atoms with E-state index in [9.17, 15) is 4.79 Å². The summed E-state index contributed by atoms with van der Waals surface area (Å²) >= 11 is 1.53. The number of thiazole rings is 1. The van der Waals surface area contributed by atoms with E-state index in [4.69, 9.17) is 9.72 Å². The quantitative estimate of drug-likeness (QED) is 0.528. The van der Waals surface area contributed by atoms with Gasteiger partial charge in [-0.25, -0.2) is 4.98 Å². The number of rotatable bonds is 8. The number of benzene rings is 2. The van der Waals surface area contributed by atoms with Crippen LogP contribution < -0.4 is 9.64 Å². The Morgan fingerprint density at radius 3 is 2.52 bits per heavy atom. The van der Waals surface area contributed by atoms with Crippen molar-refractivity contribution in [2.45, 2.75) is 27.7 Å². The highest BCUT2D eigenvalue weighted by Gasteiger charge is 2.23. The Bertz CT molecular complexity index is 995. The highest BCUT2D eigenvalue weighted by molar-refractivity contribution is 7.22. The number of aryl methyl sites for hydroxylation is 2. The zero-order chi connectivity index (χ0) is 21.0. The molecule has 0 bridgehead atoms. The third-order valence-corrected chi connectivity index (χ3v) is 6.26. The van der Waals surface area contributed by atoms with Crippen molar-refractivity contribution in [2.24, 2.45) is 0 Å². The largest absolute Gasteiger partial charge is 0.494 e. The number of nitrogens with zero attached hydrogens (tertiary/aromatic N) is 3. The van der Waals surface area contributed by atoms with Gasteiger partial charge in [0, 0.05) is 18.7 Å². The SMILES string of the molecule is CCN(CC)CCN(C(=O)c1ccc(C)cc1C)c1nc2c(OC)cccc2s1. The fourth-order valence-electron chi connectivity index (χ4n) is 3.46. The molecule has 1 amide bonds. The molecule has 2 aromatic carbocycles. The minimum atomic E-state index is -0.00678. The number of likely N-dealkylation sites (N-methyl/N-ethyl adjacent to an activating group) is 1. The molecule has 5 nitrogen and oxygen atoms in total. The zero-order valence-electron chi connectivity index (χ0n) is 17.9. The molecule has 0 unspecified atom stereocenters. The number of hydrogen-bond donors (Lipinski definition) is 0. The lowest BCUT2D eigenvalue weighted by Gasteiger charge is -2.25. The Morgan fingerprint density at radius 2 is 1.86 bits per heavy atom. The summed E-state index contributed by atoms with van der Waals surface area (Å²) in [5.74, 6) is 0.723. The van der Waals surface area contributed by atoms with Gasteiger partial charge in [-0.1, -0.05) is 48.9 Å². The maximum atomic E-state index is 13.5. The lowest BCUT2D eigenvalue weighted by molar-refractivity contribution is 0.0983. The molecule has 0 aliphatic heterocycles. The van der Waals surface area contributed by atoms with Crippen molar-refractivity contribution in [1.82, 2.24) is 9.88 Å². The first-order valence-corrected chi connectivity index (χ1v) is 10.8. The number of methoxy groups -OCH3 is 1. The van der Waals surface area contributed by atoms with Crippen molar-refractivity contribution < 1.29 is 9.53 Å². The van der Waals surface area contributed by atoms with Gasteiger partial charge in [-0.2, -0.15) is 0 Å². The molecule has 0 saturated carbocycles. The number of para-hydroxylation sites is 1. The minimum absolute atomic E-state index is 0.00678. The predicted molar refractivity (Wildman–Crippen MR) is 122 cm³/mol. The average molecular weight is 412 g/mol. The molecular weight excluding hydrogens is 382 g/mol. The Labute approximate surface area is 176 Å². The number of anilines is 1. The second-order valence-corrected chi connectivity index (χ2v) is 8.11. The van der Waals surface area contributed by atoms with Crippen LogP contribution in [0.3, 0.4) is 0 Å². The van der Waals surface area contributed by atoms with E-state index in [-0.39, 0.29) is 5.91 Å². The second kappa shape index (κ2) is 9.37.